The molecule has 0 spiro atoms. The number of halogens is 1. The van der Waals surface area contributed by atoms with E-state index in [1.807, 2.05) is 11.6 Å². The number of rotatable bonds is 5. The van der Waals surface area contributed by atoms with Gasteiger partial charge in [0.2, 0.25) is 0 Å². The fourth-order valence-electron chi connectivity index (χ4n) is 2.33. The van der Waals surface area contributed by atoms with Crippen molar-refractivity contribution in [1.29, 1.82) is 0 Å². The highest BCUT2D eigenvalue weighted by Crippen LogP contribution is 2.14. The molecule has 0 aliphatic rings. The number of aromatic nitrogens is 5. The van der Waals surface area contributed by atoms with Crippen molar-refractivity contribution in [3.8, 4) is 11.4 Å². The Balaban J connectivity index is 1.66. The van der Waals surface area contributed by atoms with Gasteiger partial charge in [-0.1, -0.05) is 17.3 Å². The summed E-state index contributed by atoms with van der Waals surface area (Å²) in [6, 6.07) is 6.22. The molecule has 0 fully saturated rings. The van der Waals surface area contributed by atoms with Gasteiger partial charge in [0, 0.05) is 13.5 Å². The molecule has 1 atom stereocenters. The van der Waals surface area contributed by atoms with E-state index in [1.54, 1.807) is 35.5 Å². The Morgan fingerprint density at radius 1 is 1.36 bits per heavy atom. The highest BCUT2D eigenvalue weighted by molar-refractivity contribution is 5.51. The van der Waals surface area contributed by atoms with Crippen LogP contribution >= 0.6 is 0 Å². The van der Waals surface area contributed by atoms with E-state index in [1.165, 1.54) is 12.1 Å². The summed E-state index contributed by atoms with van der Waals surface area (Å²) >= 11 is 0. The van der Waals surface area contributed by atoms with Gasteiger partial charge in [-0.25, -0.2) is 14.1 Å². The van der Waals surface area contributed by atoms with E-state index in [0.717, 1.165) is 11.3 Å². The summed E-state index contributed by atoms with van der Waals surface area (Å²) in [4.78, 5) is 4.03. The lowest BCUT2D eigenvalue weighted by molar-refractivity contribution is 0.148. The molecule has 0 bridgehead atoms. The van der Waals surface area contributed by atoms with E-state index >= 15 is 0 Å². The maximum Gasteiger partial charge on any atom is 0.131 e. The minimum Gasteiger partial charge on any atom is -0.391 e. The summed E-state index contributed by atoms with van der Waals surface area (Å²) in [7, 11) is 1.88. The molecule has 1 unspecified atom stereocenters. The number of aliphatic hydroxyl groups excluding tert-OH is 1. The third-order valence-corrected chi connectivity index (χ3v) is 3.38. The molecule has 0 aliphatic carbocycles. The second-order valence-corrected chi connectivity index (χ2v) is 5.20. The average Bonchev–Trinajstić information content (AvgIpc) is 3.07. The van der Waals surface area contributed by atoms with Gasteiger partial charge >= 0.3 is 0 Å². The number of hydrogen-bond acceptors (Lipinski definition) is 4. The van der Waals surface area contributed by atoms with Crippen LogP contribution < -0.4 is 0 Å². The third kappa shape index (κ3) is 3.20. The van der Waals surface area contributed by atoms with Gasteiger partial charge in [0.15, 0.2) is 0 Å². The first-order chi connectivity index (χ1) is 10.6. The molecule has 0 amide bonds. The zero-order valence-electron chi connectivity index (χ0n) is 12.1. The molecule has 2 heterocycles. The number of nitrogens with zero attached hydrogens (tertiary/aromatic N) is 5. The minimum atomic E-state index is -0.664. The van der Waals surface area contributed by atoms with E-state index in [4.69, 9.17) is 0 Å². The Hall–Kier alpha value is -2.54. The zero-order valence-corrected chi connectivity index (χ0v) is 12.1. The van der Waals surface area contributed by atoms with Crippen LogP contribution in [0.3, 0.4) is 0 Å². The van der Waals surface area contributed by atoms with Crippen molar-refractivity contribution < 1.29 is 9.50 Å². The largest absolute Gasteiger partial charge is 0.391 e. The predicted molar refractivity (Wildman–Crippen MR) is 78.3 cm³/mol. The van der Waals surface area contributed by atoms with Gasteiger partial charge in [-0.05, 0) is 17.7 Å². The van der Waals surface area contributed by atoms with Crippen LogP contribution in [-0.2, 0) is 20.0 Å². The molecule has 22 heavy (non-hydrogen) atoms. The molecule has 1 N–H and O–H groups in total. The monoisotopic (exact) mass is 301 g/mol. The fraction of sp³-hybridized carbons (Fsp3) is 0.267. The number of aryl methyl sites for hydroxylation is 1. The highest BCUT2D eigenvalue weighted by atomic mass is 19.1. The predicted octanol–water partition coefficient (Wildman–Crippen LogP) is 1.42. The van der Waals surface area contributed by atoms with Gasteiger partial charge in [-0.2, -0.15) is 0 Å². The van der Waals surface area contributed by atoms with Crippen LogP contribution in [0, 0.1) is 5.82 Å². The molecular formula is C15H16FN5O. The third-order valence-electron chi connectivity index (χ3n) is 3.38. The second-order valence-electron chi connectivity index (χ2n) is 5.20. The molecule has 6 nitrogen and oxygen atoms in total. The molecule has 0 saturated carbocycles. The van der Waals surface area contributed by atoms with Crippen LogP contribution in [-0.4, -0.2) is 35.8 Å². The van der Waals surface area contributed by atoms with Gasteiger partial charge in [0.25, 0.3) is 0 Å². The van der Waals surface area contributed by atoms with E-state index in [0.29, 0.717) is 18.7 Å². The second kappa shape index (κ2) is 6.07. The van der Waals surface area contributed by atoms with Crippen LogP contribution in [0.5, 0.6) is 0 Å². The standard InChI is InChI=1S/C15H16FN5O/c1-20-10-17-7-15(20)14-9-21(19-18-14)8-13(22)6-11-3-2-4-12(16)5-11/h2-5,7,9-10,13,22H,6,8H2,1H3. The summed E-state index contributed by atoms with van der Waals surface area (Å²) in [5.74, 6) is -0.302. The maximum atomic E-state index is 13.1. The summed E-state index contributed by atoms with van der Waals surface area (Å²) in [6.07, 6.45) is 4.85. The summed E-state index contributed by atoms with van der Waals surface area (Å²) in [5.41, 5.74) is 2.29. The van der Waals surface area contributed by atoms with Crippen molar-refractivity contribution in [3.05, 3.63) is 54.4 Å². The Morgan fingerprint density at radius 2 is 2.23 bits per heavy atom. The van der Waals surface area contributed by atoms with Gasteiger partial charge in [0.1, 0.15) is 11.5 Å². The van der Waals surface area contributed by atoms with Crippen LogP contribution in [0.25, 0.3) is 11.4 Å². The summed E-state index contributed by atoms with van der Waals surface area (Å²) in [6.45, 7) is 0.293. The van der Waals surface area contributed by atoms with Crippen molar-refractivity contribution in [1.82, 2.24) is 24.5 Å². The quantitative estimate of drug-likeness (QED) is 0.774. The van der Waals surface area contributed by atoms with Crippen molar-refractivity contribution >= 4 is 0 Å². The molecular weight excluding hydrogens is 285 g/mol. The molecule has 3 aromatic rings. The number of benzene rings is 1. The smallest absolute Gasteiger partial charge is 0.131 e. The average molecular weight is 301 g/mol. The van der Waals surface area contributed by atoms with E-state index in [2.05, 4.69) is 15.3 Å². The Morgan fingerprint density at radius 3 is 2.95 bits per heavy atom. The SMILES string of the molecule is Cn1cncc1-c1cn(CC(O)Cc2cccc(F)c2)nn1. The van der Waals surface area contributed by atoms with E-state index in [9.17, 15) is 9.50 Å². The van der Waals surface area contributed by atoms with E-state index in [-0.39, 0.29) is 5.82 Å². The molecule has 7 heteroatoms. The van der Waals surface area contributed by atoms with Crippen molar-refractivity contribution in [2.75, 3.05) is 0 Å². The Bertz CT molecular complexity index is 767. The van der Waals surface area contributed by atoms with Crippen LogP contribution in [0.1, 0.15) is 5.56 Å². The topological polar surface area (TPSA) is 68.8 Å². The molecule has 0 radical (unpaired) electrons. The van der Waals surface area contributed by atoms with Crippen LogP contribution in [0.15, 0.2) is 43.0 Å². The number of aliphatic hydroxyl groups is 1. The van der Waals surface area contributed by atoms with Crippen molar-refractivity contribution in [2.24, 2.45) is 7.05 Å². The van der Waals surface area contributed by atoms with Crippen molar-refractivity contribution in [2.45, 2.75) is 19.1 Å². The normalized spacial score (nSPS) is 12.5. The first-order valence-electron chi connectivity index (χ1n) is 6.91. The Kier molecular flexibility index (Phi) is 3.97. The maximum absolute atomic E-state index is 13.1. The van der Waals surface area contributed by atoms with Crippen LogP contribution in [0.2, 0.25) is 0 Å². The van der Waals surface area contributed by atoms with Gasteiger partial charge < -0.3 is 9.67 Å². The Labute approximate surface area is 126 Å². The lowest BCUT2D eigenvalue weighted by Crippen LogP contribution is -2.19. The molecule has 2 aromatic heterocycles. The fourth-order valence-corrected chi connectivity index (χ4v) is 2.33. The van der Waals surface area contributed by atoms with E-state index < -0.39 is 6.10 Å². The van der Waals surface area contributed by atoms with Gasteiger partial charge in [-0.3, -0.25) is 0 Å². The molecule has 114 valence electrons. The molecule has 1 aromatic carbocycles. The minimum absolute atomic E-state index is 0.293. The number of imidazole rings is 1. The lowest BCUT2D eigenvalue weighted by atomic mass is 10.1. The molecule has 3 rings (SSSR count). The zero-order chi connectivity index (χ0) is 15.5. The molecule has 0 aliphatic heterocycles. The van der Waals surface area contributed by atoms with Crippen molar-refractivity contribution in [3.63, 3.8) is 0 Å². The van der Waals surface area contributed by atoms with Gasteiger partial charge in [-0.15, -0.1) is 5.10 Å². The van der Waals surface area contributed by atoms with Crippen LogP contribution in [0.4, 0.5) is 4.39 Å². The summed E-state index contributed by atoms with van der Waals surface area (Å²) < 4.78 is 16.5. The lowest BCUT2D eigenvalue weighted by Gasteiger charge is -2.10. The first-order valence-corrected chi connectivity index (χ1v) is 6.91. The first kappa shape index (κ1) is 14.4. The number of hydrogen-bond donors (Lipinski definition) is 1. The van der Waals surface area contributed by atoms with Gasteiger partial charge in [0.05, 0.1) is 37.1 Å². The molecule has 0 saturated heterocycles. The highest BCUT2D eigenvalue weighted by Gasteiger charge is 2.11. The summed E-state index contributed by atoms with van der Waals surface area (Å²) in [5, 5.41) is 18.2.